The second-order valence-electron chi connectivity index (χ2n) is 6.01. The van der Waals surface area contributed by atoms with Crippen LogP contribution in [0.2, 0.25) is 0 Å². The Hall–Kier alpha value is -1.17. The number of likely N-dealkylation sites (tertiary alicyclic amines) is 1. The molecule has 0 bridgehead atoms. The minimum absolute atomic E-state index is 0. The van der Waals surface area contributed by atoms with E-state index in [1.165, 1.54) is 6.07 Å². The van der Waals surface area contributed by atoms with E-state index in [1.54, 1.807) is 12.1 Å². The molecular formula is C15H23ClFN3O. The van der Waals surface area contributed by atoms with Crippen LogP contribution in [0.5, 0.6) is 0 Å². The summed E-state index contributed by atoms with van der Waals surface area (Å²) in [5, 5.41) is 2.62. The lowest BCUT2D eigenvalue weighted by Gasteiger charge is -2.22. The van der Waals surface area contributed by atoms with Gasteiger partial charge in [0.1, 0.15) is 5.82 Å². The molecule has 3 N–H and O–H groups in total. The van der Waals surface area contributed by atoms with Crippen LogP contribution in [0.25, 0.3) is 0 Å². The third kappa shape index (κ3) is 4.66. The maximum absolute atomic E-state index is 13.7. The van der Waals surface area contributed by atoms with Gasteiger partial charge < -0.3 is 11.1 Å². The number of amides is 1. The first kappa shape index (κ1) is 17.9. The molecule has 1 aromatic carbocycles. The van der Waals surface area contributed by atoms with Gasteiger partial charge in [-0.3, -0.25) is 9.69 Å². The molecule has 2 rings (SSSR count). The fourth-order valence-corrected chi connectivity index (χ4v) is 2.54. The van der Waals surface area contributed by atoms with Gasteiger partial charge in [0.05, 0.1) is 12.2 Å². The zero-order valence-corrected chi connectivity index (χ0v) is 13.3. The molecule has 1 heterocycles. The van der Waals surface area contributed by atoms with Gasteiger partial charge in [0.2, 0.25) is 5.91 Å². The number of rotatable bonds is 4. The number of carbonyl (C=O) groups excluding carboxylic acids is 1. The van der Waals surface area contributed by atoms with Crippen LogP contribution in [-0.4, -0.2) is 37.0 Å². The summed E-state index contributed by atoms with van der Waals surface area (Å²) in [4.78, 5) is 14.0. The van der Waals surface area contributed by atoms with Crippen molar-refractivity contribution >= 4 is 24.0 Å². The summed E-state index contributed by atoms with van der Waals surface area (Å²) in [6.45, 7) is 6.52. The van der Waals surface area contributed by atoms with Crippen LogP contribution in [0.1, 0.15) is 18.9 Å². The number of anilines is 1. The van der Waals surface area contributed by atoms with Crippen LogP contribution < -0.4 is 11.1 Å². The second-order valence-corrected chi connectivity index (χ2v) is 6.01. The summed E-state index contributed by atoms with van der Waals surface area (Å²) >= 11 is 0. The lowest BCUT2D eigenvalue weighted by molar-refractivity contribution is -0.117. The molecule has 0 spiro atoms. The Kier molecular flexibility index (Phi) is 6.13. The highest BCUT2D eigenvalue weighted by Gasteiger charge is 2.33. The van der Waals surface area contributed by atoms with Crippen molar-refractivity contribution in [1.29, 1.82) is 0 Å². The predicted octanol–water partition coefficient (Wildman–Crippen LogP) is 2.17. The maximum atomic E-state index is 13.7. The van der Waals surface area contributed by atoms with Gasteiger partial charge >= 0.3 is 0 Å². The van der Waals surface area contributed by atoms with E-state index in [2.05, 4.69) is 17.1 Å². The Bertz CT molecular complexity index is 512. The Labute approximate surface area is 131 Å². The summed E-state index contributed by atoms with van der Waals surface area (Å²) in [5.74, 6) is -0.583. The third-order valence-electron chi connectivity index (χ3n) is 3.90. The largest absolute Gasteiger partial charge is 0.330 e. The van der Waals surface area contributed by atoms with Gasteiger partial charge in [0.25, 0.3) is 0 Å². The second kappa shape index (κ2) is 7.20. The van der Waals surface area contributed by atoms with E-state index < -0.39 is 5.82 Å². The van der Waals surface area contributed by atoms with Gasteiger partial charge in [-0.15, -0.1) is 12.4 Å². The molecule has 0 aromatic heterocycles. The summed E-state index contributed by atoms with van der Waals surface area (Å²) < 4.78 is 13.7. The van der Waals surface area contributed by atoms with Crippen molar-refractivity contribution in [1.82, 2.24) is 4.90 Å². The number of halogens is 2. The van der Waals surface area contributed by atoms with Gasteiger partial charge in [0.15, 0.2) is 0 Å². The zero-order valence-electron chi connectivity index (χ0n) is 12.5. The van der Waals surface area contributed by atoms with Crippen LogP contribution >= 0.6 is 12.4 Å². The average Bonchev–Trinajstić information content (AvgIpc) is 2.75. The van der Waals surface area contributed by atoms with Crippen molar-refractivity contribution in [3.63, 3.8) is 0 Å². The number of carbonyl (C=O) groups is 1. The maximum Gasteiger partial charge on any atom is 0.238 e. The van der Waals surface area contributed by atoms with E-state index >= 15 is 0 Å². The quantitative estimate of drug-likeness (QED) is 0.895. The fraction of sp³-hybridized carbons (Fsp3) is 0.533. The smallest absolute Gasteiger partial charge is 0.238 e. The molecule has 0 radical (unpaired) electrons. The van der Waals surface area contributed by atoms with E-state index in [0.29, 0.717) is 6.54 Å². The molecular weight excluding hydrogens is 293 g/mol. The van der Waals surface area contributed by atoms with Gasteiger partial charge in [-0.2, -0.15) is 0 Å². The predicted molar refractivity (Wildman–Crippen MR) is 85.2 cm³/mol. The van der Waals surface area contributed by atoms with Gasteiger partial charge in [-0.05, 0) is 49.5 Å². The van der Waals surface area contributed by atoms with Crippen molar-refractivity contribution in [2.45, 2.75) is 20.3 Å². The number of nitrogens with one attached hydrogen (secondary N) is 1. The number of aryl methyl sites for hydroxylation is 1. The highest BCUT2D eigenvalue weighted by Crippen LogP contribution is 2.28. The average molecular weight is 316 g/mol. The summed E-state index contributed by atoms with van der Waals surface area (Å²) in [7, 11) is 0. The molecule has 1 atom stereocenters. The van der Waals surface area contributed by atoms with E-state index in [-0.39, 0.29) is 36.0 Å². The first-order valence-corrected chi connectivity index (χ1v) is 6.90. The first-order valence-electron chi connectivity index (χ1n) is 6.90. The van der Waals surface area contributed by atoms with Crippen LogP contribution in [0.3, 0.4) is 0 Å². The molecule has 118 valence electrons. The molecule has 1 unspecified atom stereocenters. The minimum atomic E-state index is -0.397. The van der Waals surface area contributed by atoms with Crippen molar-refractivity contribution in [2.75, 3.05) is 31.5 Å². The normalized spacial score (nSPS) is 21.9. The summed E-state index contributed by atoms with van der Waals surface area (Å²) in [6.07, 6.45) is 0.996. The van der Waals surface area contributed by atoms with Crippen molar-refractivity contribution in [2.24, 2.45) is 11.1 Å². The van der Waals surface area contributed by atoms with Crippen molar-refractivity contribution < 1.29 is 9.18 Å². The number of nitrogens with zero attached hydrogens (tertiary/aromatic N) is 1. The molecule has 1 fully saturated rings. The highest BCUT2D eigenvalue weighted by atomic mass is 35.5. The Morgan fingerprint density at radius 2 is 2.24 bits per heavy atom. The molecule has 1 aliphatic heterocycles. The summed E-state index contributed by atoms with van der Waals surface area (Å²) in [5.41, 5.74) is 6.90. The monoisotopic (exact) mass is 315 g/mol. The molecule has 1 saturated heterocycles. The van der Waals surface area contributed by atoms with E-state index in [1.807, 2.05) is 6.92 Å². The van der Waals surface area contributed by atoms with Crippen molar-refractivity contribution in [3.8, 4) is 0 Å². The number of nitrogens with two attached hydrogens (primary N) is 1. The van der Waals surface area contributed by atoms with Crippen LogP contribution in [0, 0.1) is 18.2 Å². The van der Waals surface area contributed by atoms with Gasteiger partial charge in [-0.25, -0.2) is 4.39 Å². The molecule has 0 aliphatic carbocycles. The number of benzene rings is 1. The van der Waals surface area contributed by atoms with Crippen LogP contribution in [-0.2, 0) is 4.79 Å². The van der Waals surface area contributed by atoms with Crippen molar-refractivity contribution in [3.05, 3.63) is 29.6 Å². The Morgan fingerprint density at radius 1 is 1.52 bits per heavy atom. The number of hydrogen-bond donors (Lipinski definition) is 2. The third-order valence-corrected chi connectivity index (χ3v) is 3.90. The molecule has 1 amide bonds. The van der Waals surface area contributed by atoms with Gasteiger partial charge in [-0.1, -0.05) is 13.0 Å². The fourth-order valence-electron chi connectivity index (χ4n) is 2.54. The minimum Gasteiger partial charge on any atom is -0.330 e. The van der Waals surface area contributed by atoms with E-state index in [0.717, 1.165) is 25.1 Å². The molecule has 0 saturated carbocycles. The van der Waals surface area contributed by atoms with E-state index in [4.69, 9.17) is 5.73 Å². The topological polar surface area (TPSA) is 58.4 Å². The zero-order chi connectivity index (χ0) is 14.8. The molecule has 6 heteroatoms. The molecule has 4 nitrogen and oxygen atoms in total. The standard InChI is InChI=1S/C15H22FN3O.ClH/c1-11-3-4-13(12(16)7-11)18-14(20)8-19-6-5-15(2,9-17)10-19;/h3-4,7H,5-6,8-10,17H2,1-2H3,(H,18,20);1H. The lowest BCUT2D eigenvalue weighted by atomic mass is 9.90. The Morgan fingerprint density at radius 3 is 2.81 bits per heavy atom. The SMILES string of the molecule is Cc1ccc(NC(=O)CN2CCC(C)(CN)C2)c(F)c1.Cl. The number of hydrogen-bond acceptors (Lipinski definition) is 3. The van der Waals surface area contributed by atoms with Crippen LogP contribution in [0.15, 0.2) is 18.2 Å². The molecule has 21 heavy (non-hydrogen) atoms. The Balaban J connectivity index is 0.00000220. The summed E-state index contributed by atoms with van der Waals surface area (Å²) in [6, 6.07) is 4.79. The highest BCUT2D eigenvalue weighted by molar-refractivity contribution is 5.92. The lowest BCUT2D eigenvalue weighted by Crippen LogP contribution is -2.35. The van der Waals surface area contributed by atoms with Gasteiger partial charge in [0, 0.05) is 6.54 Å². The van der Waals surface area contributed by atoms with Crippen LogP contribution in [0.4, 0.5) is 10.1 Å². The van der Waals surface area contributed by atoms with E-state index in [9.17, 15) is 9.18 Å². The molecule has 1 aromatic rings. The molecule has 1 aliphatic rings. The first-order chi connectivity index (χ1) is 9.42.